The first kappa shape index (κ1) is 18.1. The molecule has 0 saturated heterocycles. The molecule has 1 atom stereocenters. The van der Waals surface area contributed by atoms with Crippen molar-refractivity contribution in [1.29, 1.82) is 0 Å². The van der Waals surface area contributed by atoms with Crippen LogP contribution in [0.5, 0.6) is 11.5 Å². The lowest BCUT2D eigenvalue weighted by molar-refractivity contribution is -0.116. The molecule has 0 aromatic heterocycles. The maximum absolute atomic E-state index is 12.3. The number of methoxy groups -OCH3 is 2. The minimum atomic E-state index is -0.514. The molecule has 0 spiro atoms. The first-order valence-corrected chi connectivity index (χ1v) is 7.63. The average Bonchev–Trinajstić information content (AvgIpc) is 2.61. The van der Waals surface area contributed by atoms with E-state index in [-0.39, 0.29) is 5.91 Å². The van der Waals surface area contributed by atoms with Crippen molar-refractivity contribution in [3.05, 3.63) is 48.0 Å². The topological polar surface area (TPSA) is 103 Å². The summed E-state index contributed by atoms with van der Waals surface area (Å²) in [4.78, 5) is 23.4. The van der Waals surface area contributed by atoms with Crippen molar-refractivity contribution < 1.29 is 19.1 Å². The lowest BCUT2D eigenvalue weighted by Gasteiger charge is -2.17. The Balaban J connectivity index is 2.03. The highest BCUT2D eigenvalue weighted by Crippen LogP contribution is 2.26. The van der Waals surface area contributed by atoms with Gasteiger partial charge in [-0.1, -0.05) is 0 Å². The van der Waals surface area contributed by atoms with E-state index in [1.165, 1.54) is 0 Å². The second-order valence-corrected chi connectivity index (χ2v) is 5.40. The molecule has 0 fully saturated rings. The van der Waals surface area contributed by atoms with Crippen molar-refractivity contribution in [2.24, 2.45) is 5.73 Å². The summed E-state index contributed by atoms with van der Waals surface area (Å²) in [6.07, 6.45) is 0. The summed E-state index contributed by atoms with van der Waals surface area (Å²) in [6, 6.07) is 11.1. The van der Waals surface area contributed by atoms with Gasteiger partial charge in [-0.05, 0) is 31.2 Å². The molecule has 0 aliphatic heterocycles. The molecule has 2 amide bonds. The first-order chi connectivity index (χ1) is 11.9. The van der Waals surface area contributed by atoms with Gasteiger partial charge in [-0.15, -0.1) is 0 Å². The van der Waals surface area contributed by atoms with Gasteiger partial charge in [-0.25, -0.2) is 0 Å². The summed E-state index contributed by atoms with van der Waals surface area (Å²) in [7, 11) is 3.12. The standard InChI is InChI=1S/C18H21N3O4/c1-11(20-14-8-15(24-2)10-16(9-14)25-3)18(23)21-13-6-4-12(5-7-13)17(19)22/h4-11,20H,1-3H3,(H2,19,22)(H,21,23). The van der Waals surface area contributed by atoms with Crippen molar-refractivity contribution in [2.45, 2.75) is 13.0 Å². The van der Waals surface area contributed by atoms with Crippen LogP contribution in [0.2, 0.25) is 0 Å². The van der Waals surface area contributed by atoms with Crippen LogP contribution in [-0.4, -0.2) is 32.1 Å². The molecule has 0 radical (unpaired) electrons. The molecule has 4 N–H and O–H groups in total. The summed E-state index contributed by atoms with van der Waals surface area (Å²) >= 11 is 0. The van der Waals surface area contributed by atoms with Gasteiger partial charge in [0.15, 0.2) is 0 Å². The number of nitrogens with two attached hydrogens (primary N) is 1. The number of benzene rings is 2. The molecular weight excluding hydrogens is 322 g/mol. The number of amides is 2. The zero-order valence-corrected chi connectivity index (χ0v) is 14.3. The highest BCUT2D eigenvalue weighted by molar-refractivity contribution is 5.97. The van der Waals surface area contributed by atoms with E-state index in [4.69, 9.17) is 15.2 Å². The second-order valence-electron chi connectivity index (χ2n) is 5.40. The van der Waals surface area contributed by atoms with Crippen LogP contribution in [0.1, 0.15) is 17.3 Å². The van der Waals surface area contributed by atoms with Crippen molar-refractivity contribution in [2.75, 3.05) is 24.9 Å². The fourth-order valence-electron chi connectivity index (χ4n) is 2.17. The van der Waals surface area contributed by atoms with E-state index in [0.29, 0.717) is 28.4 Å². The van der Waals surface area contributed by atoms with Crippen molar-refractivity contribution in [3.8, 4) is 11.5 Å². The van der Waals surface area contributed by atoms with Gasteiger partial charge in [0.25, 0.3) is 0 Å². The Labute approximate surface area is 146 Å². The monoisotopic (exact) mass is 343 g/mol. The summed E-state index contributed by atoms with van der Waals surface area (Å²) in [5.74, 6) is 0.501. The van der Waals surface area contributed by atoms with E-state index in [1.807, 2.05) is 0 Å². The normalized spacial score (nSPS) is 11.3. The summed E-state index contributed by atoms with van der Waals surface area (Å²) in [5.41, 5.74) is 6.84. The Morgan fingerprint density at radius 2 is 1.52 bits per heavy atom. The van der Waals surface area contributed by atoms with Gasteiger partial charge in [0.05, 0.1) is 14.2 Å². The van der Waals surface area contributed by atoms with Crippen molar-refractivity contribution in [3.63, 3.8) is 0 Å². The fraction of sp³-hybridized carbons (Fsp3) is 0.222. The predicted molar refractivity (Wildman–Crippen MR) is 96.2 cm³/mol. The minimum absolute atomic E-state index is 0.228. The molecule has 25 heavy (non-hydrogen) atoms. The summed E-state index contributed by atoms with van der Waals surface area (Å²) < 4.78 is 10.4. The number of carbonyl (C=O) groups is 2. The van der Waals surface area contributed by atoms with Crippen LogP contribution in [0.25, 0.3) is 0 Å². The zero-order chi connectivity index (χ0) is 18.4. The Kier molecular flexibility index (Phi) is 5.84. The number of hydrogen-bond donors (Lipinski definition) is 3. The van der Waals surface area contributed by atoms with Gasteiger partial charge >= 0.3 is 0 Å². The number of hydrogen-bond acceptors (Lipinski definition) is 5. The molecule has 2 aromatic carbocycles. The molecule has 0 heterocycles. The van der Waals surface area contributed by atoms with Crippen molar-refractivity contribution >= 4 is 23.2 Å². The van der Waals surface area contributed by atoms with E-state index >= 15 is 0 Å². The molecule has 1 unspecified atom stereocenters. The summed E-state index contributed by atoms with van der Waals surface area (Å²) in [5, 5.41) is 5.86. The summed E-state index contributed by atoms with van der Waals surface area (Å²) in [6.45, 7) is 1.74. The number of rotatable bonds is 7. The third-order valence-electron chi connectivity index (χ3n) is 3.56. The van der Waals surface area contributed by atoms with Crippen LogP contribution >= 0.6 is 0 Å². The highest BCUT2D eigenvalue weighted by Gasteiger charge is 2.14. The third kappa shape index (κ3) is 4.87. The highest BCUT2D eigenvalue weighted by atomic mass is 16.5. The largest absolute Gasteiger partial charge is 0.497 e. The Morgan fingerprint density at radius 3 is 2.00 bits per heavy atom. The molecule has 2 aromatic rings. The molecule has 0 aliphatic carbocycles. The van der Waals surface area contributed by atoms with Crippen LogP contribution < -0.4 is 25.8 Å². The van der Waals surface area contributed by atoms with E-state index in [0.717, 1.165) is 0 Å². The van der Waals surface area contributed by atoms with Gasteiger partial charge in [0, 0.05) is 35.1 Å². The minimum Gasteiger partial charge on any atom is -0.497 e. The quantitative estimate of drug-likeness (QED) is 0.715. The molecule has 7 heteroatoms. The Morgan fingerprint density at radius 1 is 0.960 bits per heavy atom. The van der Waals surface area contributed by atoms with Gasteiger partial charge in [0.1, 0.15) is 17.5 Å². The lowest BCUT2D eigenvalue weighted by atomic mass is 10.2. The smallest absolute Gasteiger partial charge is 0.248 e. The molecule has 7 nitrogen and oxygen atoms in total. The van der Waals surface area contributed by atoms with Gasteiger partial charge in [0.2, 0.25) is 11.8 Å². The molecular formula is C18H21N3O4. The number of primary amides is 1. The maximum Gasteiger partial charge on any atom is 0.248 e. The van der Waals surface area contributed by atoms with Crippen LogP contribution in [0.4, 0.5) is 11.4 Å². The lowest BCUT2D eigenvalue weighted by Crippen LogP contribution is -2.31. The second kappa shape index (κ2) is 8.05. The SMILES string of the molecule is COc1cc(NC(C)C(=O)Nc2ccc(C(N)=O)cc2)cc(OC)c1. The zero-order valence-electron chi connectivity index (χ0n) is 14.3. The van der Waals surface area contributed by atoms with E-state index in [9.17, 15) is 9.59 Å². The van der Waals surface area contributed by atoms with Crippen LogP contribution in [0.15, 0.2) is 42.5 Å². The van der Waals surface area contributed by atoms with Gasteiger partial charge in [-0.3, -0.25) is 9.59 Å². The molecule has 0 saturated carbocycles. The maximum atomic E-state index is 12.3. The first-order valence-electron chi connectivity index (χ1n) is 7.63. The van der Waals surface area contributed by atoms with Crippen LogP contribution in [0, 0.1) is 0 Å². The Hall–Kier alpha value is -3.22. The van der Waals surface area contributed by atoms with E-state index < -0.39 is 11.9 Å². The number of anilines is 2. The molecule has 0 aliphatic rings. The average molecular weight is 343 g/mol. The van der Waals surface area contributed by atoms with E-state index in [2.05, 4.69) is 10.6 Å². The van der Waals surface area contributed by atoms with E-state index in [1.54, 1.807) is 63.6 Å². The third-order valence-corrected chi connectivity index (χ3v) is 3.56. The van der Waals surface area contributed by atoms with Gasteiger partial charge in [-0.2, -0.15) is 0 Å². The number of carbonyl (C=O) groups excluding carboxylic acids is 2. The molecule has 0 bridgehead atoms. The molecule has 132 valence electrons. The van der Waals surface area contributed by atoms with Gasteiger partial charge < -0.3 is 25.8 Å². The number of nitrogens with one attached hydrogen (secondary N) is 2. The van der Waals surface area contributed by atoms with Crippen LogP contribution in [-0.2, 0) is 4.79 Å². The Bertz CT molecular complexity index is 737. The number of ether oxygens (including phenoxy) is 2. The van der Waals surface area contributed by atoms with Crippen LogP contribution in [0.3, 0.4) is 0 Å². The predicted octanol–water partition coefficient (Wildman–Crippen LogP) is 2.24. The molecule has 2 rings (SSSR count). The fourth-order valence-corrected chi connectivity index (χ4v) is 2.17. The van der Waals surface area contributed by atoms with Crippen molar-refractivity contribution in [1.82, 2.24) is 0 Å².